The molecule has 1 heterocycles. The molecule has 1 aromatic heterocycles. The first-order valence-corrected chi connectivity index (χ1v) is 28.0. The Kier molecular flexibility index (Phi) is 19.7. The van der Waals surface area contributed by atoms with E-state index in [0.717, 1.165) is 0 Å². The second-order valence-corrected chi connectivity index (χ2v) is 20.8. The molecule has 1 saturated carbocycles. The van der Waals surface area contributed by atoms with Gasteiger partial charge in [0.05, 0.1) is 0 Å². The van der Waals surface area contributed by atoms with Crippen molar-refractivity contribution in [2.45, 2.75) is 135 Å². The fourth-order valence-electron chi connectivity index (χ4n) is 10.9. The van der Waals surface area contributed by atoms with Gasteiger partial charge in [0.25, 0.3) is 0 Å². The maximum absolute atomic E-state index is 4.73. The molecule has 68 heavy (non-hydrogen) atoms. The van der Waals surface area contributed by atoms with Crippen LogP contribution in [0.4, 0.5) is 11.4 Å². The average molecular weight is 989 g/mol. The van der Waals surface area contributed by atoms with E-state index in [4.69, 9.17) is 20.3 Å². The van der Waals surface area contributed by atoms with Gasteiger partial charge < -0.3 is 10.6 Å². The predicted octanol–water partition coefficient (Wildman–Crippen LogP) is 17.8. The van der Waals surface area contributed by atoms with E-state index in [1.165, 1.54) is 143 Å². The van der Waals surface area contributed by atoms with Gasteiger partial charge in [-0.3, -0.25) is 0 Å². The number of nitrogens with one attached hydrogen (secondary N) is 2. The summed E-state index contributed by atoms with van der Waals surface area (Å²) in [6.45, 7) is 11.3. The van der Waals surface area contributed by atoms with E-state index >= 15 is 0 Å². The van der Waals surface area contributed by atoms with Gasteiger partial charge in [0, 0.05) is 42.3 Å². The molecule has 0 spiro atoms. The zero-order chi connectivity index (χ0) is 47.7. The maximum atomic E-state index is 4.73. The number of benzene rings is 6. The minimum absolute atomic E-state index is 0.00139. The molecule has 0 amide bonds. The van der Waals surface area contributed by atoms with Crippen LogP contribution >= 0.6 is 20.3 Å². The molecule has 2 atom stereocenters. The zero-order valence-electron chi connectivity index (χ0n) is 40.9. The van der Waals surface area contributed by atoms with Gasteiger partial charge in [0.15, 0.2) is 6.20 Å². The number of pyridine rings is 1. The van der Waals surface area contributed by atoms with Crippen LogP contribution in [0.25, 0.3) is 0 Å². The van der Waals surface area contributed by atoms with Crippen LogP contribution in [0.15, 0.2) is 170 Å². The topological polar surface area (TPSA) is 27.9 Å². The third-order valence-electron chi connectivity index (χ3n) is 14.1. The van der Waals surface area contributed by atoms with Crippen LogP contribution in [0.5, 0.6) is 0 Å². The second kappa shape index (κ2) is 26.2. The Morgan fingerprint density at radius 2 is 0.912 bits per heavy atom. The van der Waals surface area contributed by atoms with Crippen LogP contribution < -0.4 is 15.2 Å². The SMILES string of the molecule is Cc1cc(C)c(NC(C)[n+]2ccccc2C(C)Nc2c(C3CCCCCCCCCCC3)cc(C(c3ccccc3)c3ccccc3)cc2C(c2ccccc2)c2ccccc2)c(C)c1.[Cl][Co][Cl]. The Labute approximate surface area is 423 Å². The number of hydrogen-bond acceptors (Lipinski definition) is 2. The summed E-state index contributed by atoms with van der Waals surface area (Å²) in [5.41, 5.74) is 17.1. The molecule has 1 aliphatic carbocycles. The van der Waals surface area contributed by atoms with Crippen LogP contribution in [-0.2, 0) is 12.9 Å². The molecule has 1 fully saturated rings. The van der Waals surface area contributed by atoms with Gasteiger partial charge in [0.1, 0.15) is 6.04 Å². The standard InChI is InChI=1S/C62H72N3.2ClH.Co/c1-45-41-46(2)61(47(3)42-45)64-49(5)65-40-28-27-39-58(65)48(4)63-62-56(50-29-17-11-9-7-6-8-10-12-18-30-50)43-55(59(51-31-19-13-20-32-51)52-33-21-14-22-34-52)44-57(62)60(53-35-23-15-24-36-53)54-37-25-16-26-38-54;;;/h13-16,19-28,31-44,48-50,59-60,63-64H,6-12,17-18,29-30H2,1-5H3;2*1H;/q+1;;;+2/p-2. The molecule has 1 aliphatic rings. The molecule has 6 aromatic carbocycles. The summed E-state index contributed by atoms with van der Waals surface area (Å²) in [6.07, 6.45) is 16.7. The van der Waals surface area contributed by atoms with Crippen molar-refractivity contribution in [2.75, 3.05) is 10.6 Å². The average Bonchev–Trinajstić information content (AvgIpc) is 3.35. The summed E-state index contributed by atoms with van der Waals surface area (Å²) >= 11 is 0.382. The number of nitrogens with zero attached hydrogens (tertiary/aromatic N) is 1. The van der Waals surface area contributed by atoms with Crippen molar-refractivity contribution in [1.82, 2.24) is 0 Å². The van der Waals surface area contributed by atoms with Gasteiger partial charge in [-0.1, -0.05) is 215 Å². The Balaban J connectivity index is 0.00000222. The third kappa shape index (κ3) is 13.5. The Morgan fingerprint density at radius 3 is 1.38 bits per heavy atom. The first kappa shape index (κ1) is 51.0. The predicted molar refractivity (Wildman–Crippen MR) is 287 cm³/mol. The van der Waals surface area contributed by atoms with Gasteiger partial charge in [-0.25, -0.2) is 0 Å². The van der Waals surface area contributed by atoms with E-state index in [2.05, 4.69) is 220 Å². The second-order valence-electron chi connectivity index (χ2n) is 19.1. The van der Waals surface area contributed by atoms with Crippen molar-refractivity contribution in [2.24, 2.45) is 0 Å². The van der Waals surface area contributed by atoms with E-state index < -0.39 is 0 Å². The molecule has 7 aromatic rings. The van der Waals surface area contributed by atoms with Gasteiger partial charge in [-0.2, -0.15) is 4.57 Å². The fourth-order valence-corrected chi connectivity index (χ4v) is 10.9. The number of halogens is 2. The van der Waals surface area contributed by atoms with E-state index in [0.29, 0.717) is 18.8 Å². The summed E-state index contributed by atoms with van der Waals surface area (Å²) in [6, 6.07) is 61.5. The summed E-state index contributed by atoms with van der Waals surface area (Å²) in [5.74, 6) is 0.523. The Hall–Kier alpha value is -4.84. The van der Waals surface area contributed by atoms with Crippen LogP contribution in [0.1, 0.15) is 176 Å². The zero-order valence-corrected chi connectivity index (χ0v) is 43.4. The molecule has 3 nitrogen and oxygen atoms in total. The van der Waals surface area contributed by atoms with E-state index in [-0.39, 0.29) is 24.0 Å². The summed E-state index contributed by atoms with van der Waals surface area (Å²) in [4.78, 5) is 0. The first-order valence-electron chi connectivity index (χ1n) is 25.1. The van der Waals surface area contributed by atoms with Crippen LogP contribution in [-0.4, -0.2) is 0 Å². The van der Waals surface area contributed by atoms with Crippen molar-refractivity contribution in [3.8, 4) is 0 Å². The van der Waals surface area contributed by atoms with Crippen LogP contribution in [0.3, 0.4) is 0 Å². The van der Waals surface area contributed by atoms with E-state index in [1.807, 2.05) is 0 Å². The van der Waals surface area contributed by atoms with Crippen molar-refractivity contribution in [1.29, 1.82) is 0 Å². The monoisotopic (exact) mass is 987 g/mol. The summed E-state index contributed by atoms with van der Waals surface area (Å²) < 4.78 is 2.44. The van der Waals surface area contributed by atoms with Crippen LogP contribution in [0.2, 0.25) is 0 Å². The van der Waals surface area contributed by atoms with Gasteiger partial charge in [0.2, 0.25) is 11.9 Å². The molecule has 0 bridgehead atoms. The number of anilines is 2. The molecule has 0 saturated heterocycles. The molecule has 6 heteroatoms. The molecular formula is C62H72Cl2CoN3+. The minimum atomic E-state index is 0.00139. The molecule has 357 valence electrons. The number of rotatable bonds is 13. The molecular weight excluding hydrogens is 917 g/mol. The quantitative estimate of drug-likeness (QED) is 0.0890. The molecule has 0 radical (unpaired) electrons. The molecule has 2 unspecified atom stereocenters. The third-order valence-corrected chi connectivity index (χ3v) is 14.1. The molecule has 2 N–H and O–H groups in total. The van der Waals surface area contributed by atoms with Crippen molar-refractivity contribution in [3.05, 3.63) is 231 Å². The Bertz CT molecular complexity index is 2470. The summed E-state index contributed by atoms with van der Waals surface area (Å²) in [5, 5.41) is 8.32. The number of aryl methyl sites for hydroxylation is 3. The van der Waals surface area contributed by atoms with E-state index in [1.54, 1.807) is 0 Å². The molecule has 8 rings (SSSR count). The normalized spacial score (nSPS) is 14.8. The summed E-state index contributed by atoms with van der Waals surface area (Å²) in [7, 11) is 9.47. The Morgan fingerprint density at radius 1 is 0.485 bits per heavy atom. The van der Waals surface area contributed by atoms with Gasteiger partial charge in [-0.15, -0.1) is 0 Å². The van der Waals surface area contributed by atoms with Crippen LogP contribution in [0, 0.1) is 20.8 Å². The van der Waals surface area contributed by atoms with Crippen molar-refractivity contribution in [3.63, 3.8) is 0 Å². The van der Waals surface area contributed by atoms with Crippen molar-refractivity contribution < 1.29 is 17.5 Å². The van der Waals surface area contributed by atoms with E-state index in [9.17, 15) is 0 Å². The first-order chi connectivity index (χ1) is 33.3. The molecule has 0 aliphatic heterocycles. The fraction of sp³-hybridized carbons (Fsp3) is 0.339. The van der Waals surface area contributed by atoms with Crippen molar-refractivity contribution >= 4 is 31.7 Å². The number of hydrogen-bond donors (Lipinski definition) is 2. The van der Waals surface area contributed by atoms with Gasteiger partial charge >= 0.3 is 33.2 Å². The number of aromatic nitrogens is 1. The van der Waals surface area contributed by atoms with Gasteiger partial charge in [-0.05, 0) is 96.5 Å².